The highest BCUT2D eigenvalue weighted by Crippen LogP contribution is 2.23. The monoisotopic (exact) mass is 344 g/mol. The van der Waals surface area contributed by atoms with Crippen LogP contribution < -0.4 is 4.74 Å². The van der Waals surface area contributed by atoms with Crippen LogP contribution in [0.5, 0.6) is 5.75 Å². The van der Waals surface area contributed by atoms with Crippen LogP contribution in [0.2, 0.25) is 0 Å². The van der Waals surface area contributed by atoms with E-state index in [1.54, 1.807) is 43.5 Å². The number of alkyl halides is 1. The third kappa shape index (κ3) is 4.04. The van der Waals surface area contributed by atoms with Gasteiger partial charge in [0, 0.05) is 11.1 Å². The first-order valence-corrected chi connectivity index (χ1v) is 8.15. The summed E-state index contributed by atoms with van der Waals surface area (Å²) in [5, 5.41) is -1.24. The molecule has 2 rings (SSSR count). The van der Waals surface area contributed by atoms with Gasteiger partial charge in [-0.25, -0.2) is 0 Å². The maximum Gasteiger partial charge on any atom is 0.188 e. The summed E-state index contributed by atoms with van der Waals surface area (Å²) in [7, 11) is 1.55. The highest BCUT2D eigenvalue weighted by molar-refractivity contribution is 6.46. The van der Waals surface area contributed by atoms with E-state index in [2.05, 4.69) is 20.8 Å². The molecule has 0 aliphatic carbocycles. The maximum atomic E-state index is 12.5. The summed E-state index contributed by atoms with van der Waals surface area (Å²) in [6.45, 7) is 6.30. The number of Topliss-reactive ketones (excluding diaryl/α,β-unsaturated/α-hetero) is 2. The predicted molar refractivity (Wildman–Crippen MR) is 96.4 cm³/mol. The maximum absolute atomic E-state index is 12.5. The van der Waals surface area contributed by atoms with Gasteiger partial charge < -0.3 is 4.74 Å². The van der Waals surface area contributed by atoms with Gasteiger partial charge in [0.15, 0.2) is 16.9 Å². The van der Waals surface area contributed by atoms with E-state index in [0.29, 0.717) is 16.9 Å². The first-order valence-electron chi connectivity index (χ1n) is 7.71. The van der Waals surface area contributed by atoms with Crippen LogP contribution in [0.1, 0.15) is 47.1 Å². The summed E-state index contributed by atoms with van der Waals surface area (Å²) in [4.78, 5) is 24.9. The van der Waals surface area contributed by atoms with Gasteiger partial charge in [0.05, 0.1) is 7.11 Å². The molecule has 0 bridgehead atoms. The number of ketones is 2. The molecule has 0 aliphatic rings. The smallest absolute Gasteiger partial charge is 0.188 e. The van der Waals surface area contributed by atoms with E-state index in [9.17, 15) is 9.59 Å². The van der Waals surface area contributed by atoms with Gasteiger partial charge >= 0.3 is 0 Å². The van der Waals surface area contributed by atoms with Gasteiger partial charge in [-0.1, -0.05) is 45.0 Å². The highest BCUT2D eigenvalue weighted by atomic mass is 35.5. The number of methoxy groups -OCH3 is 1. The number of hydrogen-bond donors (Lipinski definition) is 0. The lowest BCUT2D eigenvalue weighted by atomic mass is 9.86. The molecule has 0 fully saturated rings. The first-order chi connectivity index (χ1) is 11.2. The molecule has 1 atom stereocenters. The van der Waals surface area contributed by atoms with Crippen molar-refractivity contribution in [2.24, 2.45) is 0 Å². The number of ether oxygens (including phenoxy) is 1. The van der Waals surface area contributed by atoms with Crippen molar-refractivity contribution in [1.29, 1.82) is 0 Å². The van der Waals surface area contributed by atoms with Gasteiger partial charge in [0.2, 0.25) is 0 Å². The fraction of sp³-hybridized carbons (Fsp3) is 0.300. The van der Waals surface area contributed by atoms with Gasteiger partial charge in [-0.15, -0.1) is 11.6 Å². The van der Waals surface area contributed by atoms with E-state index in [-0.39, 0.29) is 5.41 Å². The quantitative estimate of drug-likeness (QED) is 0.450. The first kappa shape index (κ1) is 18.2. The molecule has 0 aromatic heterocycles. The molecule has 1 unspecified atom stereocenters. The molecular formula is C20H21ClO3. The van der Waals surface area contributed by atoms with Gasteiger partial charge in [-0.2, -0.15) is 0 Å². The molecule has 0 spiro atoms. The van der Waals surface area contributed by atoms with Crippen LogP contribution in [0.15, 0.2) is 48.5 Å². The molecule has 0 aliphatic heterocycles. The lowest BCUT2D eigenvalue weighted by molar-refractivity contribution is 0.0900. The Hall–Kier alpha value is -2.13. The molecule has 0 heterocycles. The molecule has 126 valence electrons. The summed E-state index contributed by atoms with van der Waals surface area (Å²) in [5.74, 6) is -0.163. The van der Waals surface area contributed by atoms with Gasteiger partial charge in [-0.3, -0.25) is 9.59 Å². The number of rotatable bonds is 5. The Kier molecular flexibility index (Phi) is 5.45. The summed E-state index contributed by atoms with van der Waals surface area (Å²) in [5.41, 5.74) is 1.94. The van der Waals surface area contributed by atoms with Crippen LogP contribution in [-0.2, 0) is 5.41 Å². The van der Waals surface area contributed by atoms with E-state index >= 15 is 0 Å². The Bertz CT molecular complexity index is 725. The number of hydrogen-bond acceptors (Lipinski definition) is 3. The second-order valence-corrected chi connectivity index (χ2v) is 7.08. The summed E-state index contributed by atoms with van der Waals surface area (Å²) in [6, 6.07) is 13.8. The van der Waals surface area contributed by atoms with Crippen molar-refractivity contribution < 1.29 is 14.3 Å². The fourth-order valence-corrected chi connectivity index (χ4v) is 2.55. The van der Waals surface area contributed by atoms with Crippen LogP contribution in [0, 0.1) is 0 Å². The molecule has 24 heavy (non-hydrogen) atoms. The lowest BCUT2D eigenvalue weighted by Crippen LogP contribution is -2.25. The molecule has 4 heteroatoms. The molecular weight excluding hydrogens is 324 g/mol. The molecule has 2 aromatic rings. The Labute approximate surface area is 147 Å². The number of benzene rings is 2. The van der Waals surface area contributed by atoms with Crippen LogP contribution in [-0.4, -0.2) is 24.1 Å². The lowest BCUT2D eigenvalue weighted by Gasteiger charge is -2.19. The zero-order chi connectivity index (χ0) is 17.9. The Morgan fingerprint density at radius 3 is 1.67 bits per heavy atom. The SMILES string of the molecule is COc1ccc(C(=O)C(Cl)C(=O)c2ccc(C(C)(C)C)cc2)cc1. The van der Waals surface area contributed by atoms with Crippen molar-refractivity contribution in [1.82, 2.24) is 0 Å². The van der Waals surface area contributed by atoms with E-state index in [1.807, 2.05) is 12.1 Å². The van der Waals surface area contributed by atoms with Crippen molar-refractivity contribution in [3.63, 3.8) is 0 Å². The third-order valence-electron chi connectivity index (χ3n) is 3.87. The van der Waals surface area contributed by atoms with Crippen molar-refractivity contribution >= 4 is 23.2 Å². The number of carbonyl (C=O) groups is 2. The second kappa shape index (κ2) is 7.18. The average molecular weight is 345 g/mol. The summed E-state index contributed by atoms with van der Waals surface area (Å²) in [6.07, 6.45) is 0. The summed E-state index contributed by atoms with van der Waals surface area (Å²) < 4.78 is 5.05. The van der Waals surface area contributed by atoms with Crippen LogP contribution >= 0.6 is 11.6 Å². The molecule has 0 radical (unpaired) electrons. The zero-order valence-corrected chi connectivity index (χ0v) is 15.1. The van der Waals surface area contributed by atoms with Crippen molar-refractivity contribution in [3.8, 4) is 5.75 Å². The minimum Gasteiger partial charge on any atom is -0.497 e. The van der Waals surface area contributed by atoms with E-state index < -0.39 is 16.9 Å². The fourth-order valence-electron chi connectivity index (χ4n) is 2.30. The van der Waals surface area contributed by atoms with Gasteiger partial charge in [0.1, 0.15) is 5.75 Å². The normalized spacial score (nSPS) is 12.5. The van der Waals surface area contributed by atoms with Gasteiger partial charge in [0.25, 0.3) is 0 Å². The Morgan fingerprint density at radius 2 is 1.29 bits per heavy atom. The highest BCUT2D eigenvalue weighted by Gasteiger charge is 2.26. The average Bonchev–Trinajstić information content (AvgIpc) is 2.59. The third-order valence-corrected chi connectivity index (χ3v) is 4.27. The molecule has 0 N–H and O–H groups in total. The van der Waals surface area contributed by atoms with E-state index in [1.165, 1.54) is 0 Å². The van der Waals surface area contributed by atoms with E-state index in [4.69, 9.17) is 16.3 Å². The van der Waals surface area contributed by atoms with Gasteiger partial charge in [-0.05, 0) is 35.2 Å². The second-order valence-electron chi connectivity index (χ2n) is 6.65. The van der Waals surface area contributed by atoms with Crippen molar-refractivity contribution in [2.45, 2.75) is 31.6 Å². The van der Waals surface area contributed by atoms with Crippen molar-refractivity contribution in [2.75, 3.05) is 7.11 Å². The topological polar surface area (TPSA) is 43.4 Å². The summed E-state index contributed by atoms with van der Waals surface area (Å²) >= 11 is 6.12. The number of halogens is 1. The van der Waals surface area contributed by atoms with E-state index in [0.717, 1.165) is 5.56 Å². The zero-order valence-electron chi connectivity index (χ0n) is 14.3. The molecule has 0 saturated carbocycles. The predicted octanol–water partition coefficient (Wildman–Crippen LogP) is 4.67. The minimum absolute atomic E-state index is 0.000851. The number of carbonyl (C=O) groups excluding carboxylic acids is 2. The Balaban J connectivity index is 2.17. The molecule has 0 amide bonds. The Morgan fingerprint density at radius 1 is 0.875 bits per heavy atom. The standard InChI is InChI=1S/C20H21ClO3/c1-20(2,3)15-9-5-13(6-10-15)18(22)17(21)19(23)14-7-11-16(24-4)12-8-14/h5-12,17H,1-4H3. The molecule has 2 aromatic carbocycles. The molecule has 3 nitrogen and oxygen atoms in total. The van der Waals surface area contributed by atoms with Crippen molar-refractivity contribution in [3.05, 3.63) is 65.2 Å². The van der Waals surface area contributed by atoms with Crippen LogP contribution in [0.4, 0.5) is 0 Å². The largest absolute Gasteiger partial charge is 0.497 e. The van der Waals surface area contributed by atoms with Crippen LogP contribution in [0.25, 0.3) is 0 Å². The minimum atomic E-state index is -1.24. The molecule has 0 saturated heterocycles. The van der Waals surface area contributed by atoms with Crippen LogP contribution in [0.3, 0.4) is 0 Å².